The van der Waals surface area contributed by atoms with Crippen LogP contribution in [0.5, 0.6) is 0 Å². The minimum absolute atomic E-state index is 0.153. The number of hydrogen-bond acceptors (Lipinski definition) is 0. The Hall–Kier alpha value is -0.850. The number of halogens is 1. The first-order chi connectivity index (χ1) is 6.83. The third-order valence-corrected chi connectivity index (χ3v) is 1.45. The molecule has 0 aliphatic heterocycles. The summed E-state index contributed by atoms with van der Waals surface area (Å²) >= 11 is 0. The van der Waals surface area contributed by atoms with Gasteiger partial charge in [0.15, 0.2) is 0 Å². The summed E-state index contributed by atoms with van der Waals surface area (Å²) in [5.74, 6) is -0.153. The largest absolute Gasteiger partial charge is 0.207 e. The van der Waals surface area contributed by atoms with Crippen LogP contribution in [-0.4, -0.2) is 0 Å². The van der Waals surface area contributed by atoms with Crippen LogP contribution in [0.2, 0.25) is 0 Å². The first-order valence-electron chi connectivity index (χ1n) is 5.57. The number of aryl methyl sites for hydroxylation is 1. The number of rotatable bonds is 2. The lowest BCUT2D eigenvalue weighted by atomic mass is 10.0. The molecule has 0 amide bonds. The van der Waals surface area contributed by atoms with E-state index in [4.69, 9.17) is 0 Å². The Balaban J connectivity index is 0.000000336. The smallest absolute Gasteiger partial charge is 0.123 e. The van der Waals surface area contributed by atoms with Gasteiger partial charge in [0, 0.05) is 0 Å². The van der Waals surface area contributed by atoms with Gasteiger partial charge in [-0.1, -0.05) is 53.2 Å². The van der Waals surface area contributed by atoms with Crippen molar-refractivity contribution in [3.63, 3.8) is 0 Å². The van der Waals surface area contributed by atoms with Gasteiger partial charge < -0.3 is 0 Å². The lowest BCUT2D eigenvalue weighted by molar-refractivity contribution is 0.469. The molecule has 0 aromatic heterocycles. The summed E-state index contributed by atoms with van der Waals surface area (Å²) < 4.78 is 12.3. The highest BCUT2D eigenvalue weighted by atomic mass is 19.1. The van der Waals surface area contributed by atoms with Gasteiger partial charge in [0.2, 0.25) is 0 Å². The molecule has 0 aliphatic carbocycles. The van der Waals surface area contributed by atoms with Gasteiger partial charge in [-0.3, -0.25) is 0 Å². The average molecular weight is 210 g/mol. The minimum Gasteiger partial charge on any atom is -0.207 e. The Morgan fingerprint density at radius 3 is 1.73 bits per heavy atom. The van der Waals surface area contributed by atoms with Crippen molar-refractivity contribution in [1.29, 1.82) is 0 Å². The molecule has 0 aliphatic rings. The molecular weight excluding hydrogens is 187 g/mol. The second kappa shape index (κ2) is 6.60. The Morgan fingerprint density at radius 2 is 1.40 bits per heavy atom. The van der Waals surface area contributed by atoms with Crippen LogP contribution in [-0.2, 0) is 6.42 Å². The fourth-order valence-electron chi connectivity index (χ4n) is 0.940. The van der Waals surface area contributed by atoms with Gasteiger partial charge in [0.05, 0.1) is 0 Å². The third kappa shape index (κ3) is 11.1. The van der Waals surface area contributed by atoms with E-state index in [1.54, 1.807) is 0 Å². The highest BCUT2D eigenvalue weighted by Gasteiger charge is 1.95. The molecule has 1 rings (SSSR count). The summed E-state index contributed by atoms with van der Waals surface area (Å²) in [7, 11) is 0. The summed E-state index contributed by atoms with van der Waals surface area (Å²) in [4.78, 5) is 0. The van der Waals surface area contributed by atoms with Crippen molar-refractivity contribution in [1.82, 2.24) is 0 Å². The van der Waals surface area contributed by atoms with Crippen LogP contribution >= 0.6 is 0 Å². The van der Waals surface area contributed by atoms with Gasteiger partial charge in [-0.15, -0.1) is 0 Å². The van der Waals surface area contributed by atoms with E-state index in [9.17, 15) is 4.39 Å². The summed E-state index contributed by atoms with van der Waals surface area (Å²) in [6, 6.07) is 6.67. The zero-order valence-corrected chi connectivity index (χ0v) is 10.6. The van der Waals surface area contributed by atoms with Crippen LogP contribution in [0.3, 0.4) is 0 Å². The summed E-state index contributed by atoms with van der Waals surface area (Å²) in [6.07, 6.45) is 2.16. The lowest BCUT2D eigenvalue weighted by Gasteiger charge is -2.05. The normalized spacial score (nSPS) is 10.5. The summed E-state index contributed by atoms with van der Waals surface area (Å²) in [5, 5.41) is 0. The van der Waals surface area contributed by atoms with Crippen molar-refractivity contribution in [2.45, 2.75) is 47.5 Å². The monoisotopic (exact) mass is 210 g/mol. The van der Waals surface area contributed by atoms with Gasteiger partial charge in [-0.05, 0) is 29.5 Å². The van der Waals surface area contributed by atoms with E-state index in [0.717, 1.165) is 12.8 Å². The first-order valence-corrected chi connectivity index (χ1v) is 5.57. The topological polar surface area (TPSA) is 0 Å². The Morgan fingerprint density at radius 1 is 1.00 bits per heavy atom. The summed E-state index contributed by atoms with van der Waals surface area (Å²) in [5.41, 5.74) is 1.71. The molecule has 86 valence electrons. The molecule has 0 nitrogen and oxygen atoms in total. The molecule has 15 heavy (non-hydrogen) atoms. The van der Waals surface area contributed by atoms with E-state index in [-0.39, 0.29) is 5.82 Å². The van der Waals surface area contributed by atoms with Crippen LogP contribution in [0.25, 0.3) is 0 Å². The van der Waals surface area contributed by atoms with Gasteiger partial charge >= 0.3 is 0 Å². The molecule has 0 saturated carbocycles. The second-order valence-corrected chi connectivity index (χ2v) is 5.38. The zero-order chi connectivity index (χ0) is 11.9. The number of benzene rings is 1. The molecule has 1 heteroatoms. The van der Waals surface area contributed by atoms with Crippen LogP contribution in [0.1, 0.15) is 46.6 Å². The molecule has 1 aromatic carbocycles. The third-order valence-electron chi connectivity index (χ3n) is 1.45. The highest BCUT2D eigenvalue weighted by Crippen LogP contribution is 2.08. The molecule has 0 unspecified atom stereocenters. The molecule has 0 saturated heterocycles. The molecule has 0 fully saturated rings. The molecular formula is C14H23F. The van der Waals surface area contributed by atoms with E-state index in [1.165, 1.54) is 17.7 Å². The van der Waals surface area contributed by atoms with Gasteiger partial charge in [0.1, 0.15) is 5.82 Å². The Labute approximate surface area is 93.5 Å². The van der Waals surface area contributed by atoms with Crippen molar-refractivity contribution in [2.24, 2.45) is 5.41 Å². The fourth-order valence-corrected chi connectivity index (χ4v) is 0.940. The Bertz CT molecular complexity index is 248. The fraction of sp³-hybridized carbons (Fsp3) is 0.571. The standard InChI is InChI=1S/C9H11F.C5H12/c1-2-3-8-4-6-9(10)7-5-8;1-5(2,3)4/h4-7H,2-3H2,1H3;1-4H3. The van der Waals surface area contributed by atoms with E-state index >= 15 is 0 Å². The molecule has 0 bridgehead atoms. The van der Waals surface area contributed by atoms with Crippen LogP contribution in [0.4, 0.5) is 4.39 Å². The maximum absolute atomic E-state index is 12.3. The SMILES string of the molecule is CC(C)(C)C.CCCc1ccc(F)cc1. The molecule has 0 radical (unpaired) electrons. The van der Waals surface area contributed by atoms with Crippen LogP contribution in [0, 0.1) is 11.2 Å². The molecule has 0 atom stereocenters. The van der Waals surface area contributed by atoms with Crippen molar-refractivity contribution in [2.75, 3.05) is 0 Å². The predicted octanol–water partition coefficient (Wildman–Crippen LogP) is 4.83. The predicted molar refractivity (Wildman–Crippen MR) is 65.5 cm³/mol. The van der Waals surface area contributed by atoms with Crippen LogP contribution < -0.4 is 0 Å². The van der Waals surface area contributed by atoms with Crippen molar-refractivity contribution in [3.8, 4) is 0 Å². The molecule has 0 spiro atoms. The van der Waals surface area contributed by atoms with Crippen LogP contribution in [0.15, 0.2) is 24.3 Å². The van der Waals surface area contributed by atoms with E-state index in [1.807, 2.05) is 12.1 Å². The highest BCUT2D eigenvalue weighted by molar-refractivity contribution is 5.15. The first kappa shape index (κ1) is 14.2. The molecule has 1 aromatic rings. The number of hydrogen-bond donors (Lipinski definition) is 0. The van der Waals surface area contributed by atoms with E-state index < -0.39 is 0 Å². The van der Waals surface area contributed by atoms with E-state index in [0.29, 0.717) is 5.41 Å². The molecule has 0 N–H and O–H groups in total. The maximum Gasteiger partial charge on any atom is 0.123 e. The van der Waals surface area contributed by atoms with Gasteiger partial charge in [-0.2, -0.15) is 0 Å². The van der Waals surface area contributed by atoms with E-state index in [2.05, 4.69) is 34.6 Å². The zero-order valence-electron chi connectivity index (χ0n) is 10.6. The van der Waals surface area contributed by atoms with Gasteiger partial charge in [-0.25, -0.2) is 4.39 Å². The minimum atomic E-state index is -0.153. The van der Waals surface area contributed by atoms with Crippen molar-refractivity contribution >= 4 is 0 Å². The lowest BCUT2D eigenvalue weighted by Crippen LogP contribution is -1.93. The van der Waals surface area contributed by atoms with Crippen molar-refractivity contribution in [3.05, 3.63) is 35.6 Å². The maximum atomic E-state index is 12.3. The second-order valence-electron chi connectivity index (χ2n) is 5.38. The van der Waals surface area contributed by atoms with Gasteiger partial charge in [0.25, 0.3) is 0 Å². The summed E-state index contributed by atoms with van der Waals surface area (Å²) in [6.45, 7) is 10.9. The average Bonchev–Trinajstić information content (AvgIpc) is 2.06. The quantitative estimate of drug-likeness (QED) is 0.655. The Kier molecular flexibility index (Phi) is 6.23. The molecule has 0 heterocycles. The van der Waals surface area contributed by atoms with Crippen molar-refractivity contribution < 1.29 is 4.39 Å².